The molecule has 0 saturated heterocycles. The van der Waals surface area contributed by atoms with E-state index in [9.17, 15) is 4.39 Å². The molecule has 17 heavy (non-hydrogen) atoms. The van der Waals surface area contributed by atoms with Gasteiger partial charge in [-0.25, -0.2) is 4.39 Å². The van der Waals surface area contributed by atoms with Crippen molar-refractivity contribution in [1.29, 1.82) is 5.26 Å². The molecule has 0 aromatic heterocycles. The maximum Gasteiger partial charge on any atom is 0.123 e. The van der Waals surface area contributed by atoms with E-state index in [-0.39, 0.29) is 5.82 Å². The number of benzene rings is 1. The molecule has 0 saturated carbocycles. The topological polar surface area (TPSA) is 27.0 Å². The van der Waals surface area contributed by atoms with Crippen molar-refractivity contribution in [2.45, 2.75) is 26.2 Å². The van der Waals surface area contributed by atoms with Crippen LogP contribution in [0.1, 0.15) is 5.56 Å². The lowest BCUT2D eigenvalue weighted by Gasteiger charge is -2.26. The summed E-state index contributed by atoms with van der Waals surface area (Å²) in [5, 5.41) is 8.82. The van der Waals surface area contributed by atoms with Crippen LogP contribution in [0.4, 0.5) is 4.39 Å². The molecule has 0 unspecified atom stereocenters. The van der Waals surface area contributed by atoms with Gasteiger partial charge in [0.25, 0.3) is 0 Å². The van der Waals surface area contributed by atoms with Gasteiger partial charge in [-0.3, -0.25) is 4.90 Å². The largest absolute Gasteiger partial charge is 0.289 e. The highest BCUT2D eigenvalue weighted by atomic mass is 28.3. The molecule has 0 bridgehead atoms. The molecule has 0 heterocycles. The minimum Gasteiger partial charge on any atom is -0.289 e. The zero-order valence-electron chi connectivity index (χ0n) is 10.7. The summed E-state index contributed by atoms with van der Waals surface area (Å²) in [6, 6.07) is 8.69. The molecule has 2 nitrogen and oxygen atoms in total. The maximum atomic E-state index is 12.8. The minimum absolute atomic E-state index is 0.217. The van der Waals surface area contributed by atoms with E-state index < -0.39 is 8.07 Å². The van der Waals surface area contributed by atoms with E-state index in [1.807, 2.05) is 0 Å². The quantitative estimate of drug-likeness (QED) is 0.593. The first-order valence-corrected chi connectivity index (χ1v) is 9.45. The minimum atomic E-state index is -1.22. The molecule has 0 amide bonds. The fourth-order valence-electron chi connectivity index (χ4n) is 1.79. The van der Waals surface area contributed by atoms with E-state index in [0.717, 1.165) is 18.3 Å². The number of halogens is 1. The molecule has 1 aromatic rings. The van der Waals surface area contributed by atoms with Crippen LogP contribution in [0.5, 0.6) is 0 Å². The van der Waals surface area contributed by atoms with Crippen molar-refractivity contribution in [2.24, 2.45) is 0 Å². The summed E-state index contributed by atoms with van der Waals surface area (Å²) < 4.78 is 12.8. The monoisotopic (exact) mass is 250 g/mol. The highest BCUT2D eigenvalue weighted by Crippen LogP contribution is 2.10. The van der Waals surface area contributed by atoms with Crippen molar-refractivity contribution < 1.29 is 4.39 Å². The van der Waals surface area contributed by atoms with Gasteiger partial charge in [0.2, 0.25) is 0 Å². The standard InChI is InChI=1S/C13H19FN2Si/c1-17(2,3)11-16(9-8-15)10-12-4-6-13(14)7-5-12/h4-7H,9-11H2,1-3H3. The van der Waals surface area contributed by atoms with Gasteiger partial charge in [0, 0.05) is 6.54 Å². The van der Waals surface area contributed by atoms with E-state index in [4.69, 9.17) is 5.26 Å². The normalized spacial score (nSPS) is 11.5. The molecular weight excluding hydrogens is 231 g/mol. The van der Waals surface area contributed by atoms with Crippen LogP contribution in [0.2, 0.25) is 19.6 Å². The summed E-state index contributed by atoms with van der Waals surface area (Å²) in [6.45, 7) is 7.99. The first-order chi connectivity index (χ1) is 7.90. The van der Waals surface area contributed by atoms with Crippen LogP contribution in [-0.4, -0.2) is 25.7 Å². The van der Waals surface area contributed by atoms with Crippen molar-refractivity contribution in [1.82, 2.24) is 4.90 Å². The van der Waals surface area contributed by atoms with Crippen LogP contribution in [0, 0.1) is 17.1 Å². The van der Waals surface area contributed by atoms with Crippen LogP contribution in [0.15, 0.2) is 24.3 Å². The van der Waals surface area contributed by atoms with Crippen LogP contribution in [0.3, 0.4) is 0 Å². The van der Waals surface area contributed by atoms with E-state index in [2.05, 4.69) is 30.6 Å². The van der Waals surface area contributed by atoms with Crippen LogP contribution in [-0.2, 0) is 6.54 Å². The molecule has 0 radical (unpaired) electrons. The molecule has 0 atom stereocenters. The molecule has 0 spiro atoms. The van der Waals surface area contributed by atoms with Gasteiger partial charge in [-0.15, -0.1) is 0 Å². The number of hydrogen-bond acceptors (Lipinski definition) is 2. The molecule has 1 aromatic carbocycles. The Balaban J connectivity index is 2.67. The Bertz CT molecular complexity index is 389. The maximum absolute atomic E-state index is 12.8. The highest BCUT2D eigenvalue weighted by molar-refractivity contribution is 6.76. The lowest BCUT2D eigenvalue weighted by molar-refractivity contribution is 0.342. The Hall–Kier alpha value is -1.18. The first kappa shape index (κ1) is 13.9. The molecule has 0 aliphatic heterocycles. The number of nitrogens with zero attached hydrogens (tertiary/aromatic N) is 2. The molecule has 4 heteroatoms. The zero-order chi connectivity index (χ0) is 12.9. The summed E-state index contributed by atoms with van der Waals surface area (Å²) in [7, 11) is -1.22. The van der Waals surface area contributed by atoms with Crippen molar-refractivity contribution in [2.75, 3.05) is 12.7 Å². The van der Waals surface area contributed by atoms with Crippen molar-refractivity contribution >= 4 is 8.07 Å². The molecule has 1 rings (SSSR count). The van der Waals surface area contributed by atoms with Gasteiger partial charge >= 0.3 is 0 Å². The van der Waals surface area contributed by atoms with Gasteiger partial charge in [-0.2, -0.15) is 5.26 Å². The number of rotatable bonds is 5. The Morgan fingerprint density at radius 3 is 2.29 bits per heavy atom. The lowest BCUT2D eigenvalue weighted by atomic mass is 10.2. The Kier molecular flexibility index (Phi) is 4.85. The van der Waals surface area contributed by atoms with E-state index in [1.165, 1.54) is 12.1 Å². The summed E-state index contributed by atoms with van der Waals surface area (Å²) in [6.07, 6.45) is 0.984. The predicted molar refractivity (Wildman–Crippen MR) is 70.6 cm³/mol. The molecular formula is C13H19FN2Si. The average molecular weight is 250 g/mol. The summed E-state index contributed by atoms with van der Waals surface area (Å²) in [5.74, 6) is -0.217. The third kappa shape index (κ3) is 5.62. The lowest BCUT2D eigenvalue weighted by Crippen LogP contribution is -2.40. The zero-order valence-corrected chi connectivity index (χ0v) is 11.7. The summed E-state index contributed by atoms with van der Waals surface area (Å²) in [4.78, 5) is 2.14. The van der Waals surface area contributed by atoms with Gasteiger partial charge in [0.1, 0.15) is 5.82 Å². The molecule has 0 aliphatic carbocycles. The second-order valence-electron chi connectivity index (χ2n) is 5.49. The van der Waals surface area contributed by atoms with Gasteiger partial charge in [0.15, 0.2) is 0 Å². The van der Waals surface area contributed by atoms with Gasteiger partial charge in [-0.05, 0) is 23.9 Å². The smallest absolute Gasteiger partial charge is 0.123 e. The second-order valence-corrected chi connectivity index (χ2v) is 10.9. The van der Waals surface area contributed by atoms with Crippen LogP contribution in [0.25, 0.3) is 0 Å². The van der Waals surface area contributed by atoms with Crippen LogP contribution < -0.4 is 0 Å². The Morgan fingerprint density at radius 2 is 1.82 bits per heavy atom. The van der Waals surface area contributed by atoms with Crippen molar-refractivity contribution in [3.05, 3.63) is 35.6 Å². The highest BCUT2D eigenvalue weighted by Gasteiger charge is 2.18. The molecule has 0 N–H and O–H groups in total. The average Bonchev–Trinajstić information content (AvgIpc) is 2.19. The van der Waals surface area contributed by atoms with Gasteiger partial charge in [0.05, 0.1) is 20.7 Å². The SMILES string of the molecule is C[Si](C)(C)CN(CC#N)Cc1ccc(F)cc1. The van der Waals surface area contributed by atoms with Crippen molar-refractivity contribution in [3.8, 4) is 6.07 Å². The van der Waals surface area contributed by atoms with Gasteiger partial charge in [-0.1, -0.05) is 31.8 Å². The van der Waals surface area contributed by atoms with E-state index in [0.29, 0.717) is 6.54 Å². The van der Waals surface area contributed by atoms with E-state index >= 15 is 0 Å². The Morgan fingerprint density at radius 1 is 1.24 bits per heavy atom. The third-order valence-corrected chi connectivity index (χ3v) is 3.71. The first-order valence-electron chi connectivity index (χ1n) is 5.74. The molecule has 0 fully saturated rings. The van der Waals surface area contributed by atoms with E-state index in [1.54, 1.807) is 12.1 Å². The molecule has 0 aliphatic rings. The fourth-order valence-corrected chi connectivity index (χ4v) is 3.35. The fraction of sp³-hybridized carbons (Fsp3) is 0.462. The van der Waals surface area contributed by atoms with Crippen molar-refractivity contribution in [3.63, 3.8) is 0 Å². The molecule has 92 valence electrons. The Labute approximate surface area is 104 Å². The third-order valence-electron chi connectivity index (χ3n) is 2.31. The number of hydrogen-bond donors (Lipinski definition) is 0. The second kappa shape index (κ2) is 5.94. The number of nitriles is 1. The summed E-state index contributed by atoms with van der Waals surface area (Å²) >= 11 is 0. The summed E-state index contributed by atoms with van der Waals surface area (Å²) in [5.41, 5.74) is 1.06. The predicted octanol–water partition coefficient (Wildman–Crippen LogP) is 3.03. The van der Waals surface area contributed by atoms with Crippen LogP contribution >= 0.6 is 0 Å². The van der Waals surface area contributed by atoms with Gasteiger partial charge < -0.3 is 0 Å².